The molecule has 1 fully saturated rings. The van der Waals surface area contributed by atoms with Crippen molar-refractivity contribution < 1.29 is 4.52 Å². The lowest BCUT2D eigenvalue weighted by Crippen LogP contribution is -2.47. The first-order valence-corrected chi connectivity index (χ1v) is 9.50. The average molecular weight is 382 g/mol. The van der Waals surface area contributed by atoms with E-state index in [9.17, 15) is 5.26 Å². The molecule has 0 spiro atoms. The van der Waals surface area contributed by atoms with Crippen molar-refractivity contribution in [3.8, 4) is 17.5 Å². The third kappa shape index (κ3) is 3.15. The summed E-state index contributed by atoms with van der Waals surface area (Å²) in [7, 11) is 0. The Kier molecular flexibility index (Phi) is 4.30. The number of hydrogen-bond acceptors (Lipinski definition) is 7. The summed E-state index contributed by atoms with van der Waals surface area (Å²) in [6.45, 7) is 3.01. The van der Waals surface area contributed by atoms with Crippen molar-refractivity contribution in [1.29, 1.82) is 5.26 Å². The molecule has 4 aromatic rings. The topological polar surface area (TPSA) is 82.1 Å². The van der Waals surface area contributed by atoms with Crippen molar-refractivity contribution in [3.05, 3.63) is 66.4 Å². The van der Waals surface area contributed by atoms with Gasteiger partial charge in [0.2, 0.25) is 0 Å². The van der Waals surface area contributed by atoms with Gasteiger partial charge in [-0.05, 0) is 23.4 Å². The minimum atomic E-state index is 0.523. The van der Waals surface area contributed by atoms with Crippen molar-refractivity contribution in [3.63, 3.8) is 0 Å². The molecular formula is C22H18N6O. The van der Waals surface area contributed by atoms with Crippen LogP contribution in [0.3, 0.4) is 0 Å². The van der Waals surface area contributed by atoms with E-state index in [-0.39, 0.29) is 0 Å². The number of nitrogens with zero attached hydrogens (tertiary/aromatic N) is 6. The summed E-state index contributed by atoms with van der Waals surface area (Å²) in [6.07, 6.45) is 1.66. The van der Waals surface area contributed by atoms with Crippen molar-refractivity contribution in [2.24, 2.45) is 0 Å². The lowest BCUT2D eigenvalue weighted by Gasteiger charge is -2.36. The van der Waals surface area contributed by atoms with E-state index in [1.165, 1.54) is 0 Å². The van der Waals surface area contributed by atoms with Crippen LogP contribution >= 0.6 is 0 Å². The van der Waals surface area contributed by atoms with Crippen LogP contribution in [0, 0.1) is 11.3 Å². The van der Waals surface area contributed by atoms with Gasteiger partial charge in [0, 0.05) is 43.3 Å². The van der Waals surface area contributed by atoms with Gasteiger partial charge in [0.05, 0.1) is 16.8 Å². The van der Waals surface area contributed by atoms with Gasteiger partial charge < -0.3 is 14.3 Å². The Morgan fingerprint density at radius 2 is 1.62 bits per heavy atom. The van der Waals surface area contributed by atoms with Crippen molar-refractivity contribution in [2.75, 3.05) is 36.0 Å². The molecule has 0 radical (unpaired) electrons. The van der Waals surface area contributed by atoms with Gasteiger partial charge in [-0.3, -0.25) is 4.98 Å². The highest BCUT2D eigenvalue weighted by Gasteiger charge is 2.24. The quantitative estimate of drug-likeness (QED) is 0.536. The van der Waals surface area contributed by atoms with Crippen molar-refractivity contribution in [1.82, 2.24) is 15.1 Å². The van der Waals surface area contributed by atoms with Gasteiger partial charge in [0.1, 0.15) is 6.07 Å². The van der Waals surface area contributed by atoms with Crippen LogP contribution in [0.5, 0.6) is 0 Å². The number of piperazine rings is 1. The molecule has 7 heteroatoms. The van der Waals surface area contributed by atoms with Crippen LogP contribution in [0.2, 0.25) is 0 Å². The fraction of sp³-hybridized carbons (Fsp3) is 0.182. The normalized spacial score (nSPS) is 14.2. The Balaban J connectivity index is 1.37. The highest BCUT2D eigenvalue weighted by molar-refractivity contribution is 5.94. The second-order valence-electron chi connectivity index (χ2n) is 6.89. The first-order chi connectivity index (χ1) is 14.3. The Morgan fingerprint density at radius 1 is 0.897 bits per heavy atom. The van der Waals surface area contributed by atoms with E-state index in [2.05, 4.69) is 31.0 Å². The van der Waals surface area contributed by atoms with Crippen molar-refractivity contribution >= 4 is 22.5 Å². The first-order valence-electron chi connectivity index (χ1n) is 9.50. The monoisotopic (exact) mass is 382 g/mol. The van der Waals surface area contributed by atoms with Gasteiger partial charge in [0.25, 0.3) is 11.8 Å². The second-order valence-corrected chi connectivity index (χ2v) is 6.89. The van der Waals surface area contributed by atoms with E-state index in [0.717, 1.165) is 48.3 Å². The van der Waals surface area contributed by atoms with Crippen LogP contribution in [0.4, 0.5) is 11.6 Å². The van der Waals surface area contributed by atoms with Gasteiger partial charge >= 0.3 is 0 Å². The summed E-state index contributed by atoms with van der Waals surface area (Å²) >= 11 is 0. The van der Waals surface area contributed by atoms with Gasteiger partial charge in [-0.2, -0.15) is 10.2 Å². The SMILES string of the molecule is N#Cc1cnc2ccccc2c1N1CCN(c2noc(-c3ccccc3)n2)CC1. The predicted molar refractivity (Wildman–Crippen MR) is 111 cm³/mol. The maximum atomic E-state index is 9.59. The van der Waals surface area contributed by atoms with Crippen LogP contribution in [-0.4, -0.2) is 41.3 Å². The van der Waals surface area contributed by atoms with Crippen LogP contribution in [0.15, 0.2) is 65.3 Å². The molecule has 7 nitrogen and oxygen atoms in total. The summed E-state index contributed by atoms with van der Waals surface area (Å²) in [4.78, 5) is 13.3. The van der Waals surface area contributed by atoms with Crippen LogP contribution in [0.25, 0.3) is 22.4 Å². The molecule has 1 aliphatic rings. The Bertz CT molecular complexity index is 1190. The smallest absolute Gasteiger partial charge is 0.266 e. The molecular weight excluding hydrogens is 364 g/mol. The fourth-order valence-electron chi connectivity index (χ4n) is 3.72. The molecule has 2 aromatic carbocycles. The molecule has 1 saturated heterocycles. The molecule has 2 aromatic heterocycles. The molecule has 1 aliphatic heterocycles. The molecule has 142 valence electrons. The highest BCUT2D eigenvalue weighted by Crippen LogP contribution is 2.30. The van der Waals surface area contributed by atoms with E-state index in [0.29, 0.717) is 17.4 Å². The van der Waals surface area contributed by atoms with E-state index >= 15 is 0 Å². The molecule has 3 heterocycles. The zero-order valence-electron chi connectivity index (χ0n) is 15.7. The number of fused-ring (bicyclic) bond motifs is 1. The lowest BCUT2D eigenvalue weighted by molar-refractivity contribution is 0.428. The number of anilines is 2. The maximum Gasteiger partial charge on any atom is 0.266 e. The largest absolute Gasteiger partial charge is 0.366 e. The standard InChI is InChI=1S/C22H18N6O/c23-14-17-15-24-19-9-5-4-8-18(19)20(17)27-10-12-28(13-11-27)22-25-21(29-26-22)16-6-2-1-3-7-16/h1-9,15H,10-13H2. The number of hydrogen-bond donors (Lipinski definition) is 0. The molecule has 0 saturated carbocycles. The van der Waals surface area contributed by atoms with Crippen molar-refractivity contribution in [2.45, 2.75) is 0 Å². The minimum absolute atomic E-state index is 0.523. The second kappa shape index (κ2) is 7.24. The number of benzene rings is 2. The number of pyridine rings is 1. The first kappa shape index (κ1) is 17.2. The van der Waals surface area contributed by atoms with Crippen LogP contribution in [-0.2, 0) is 0 Å². The zero-order valence-corrected chi connectivity index (χ0v) is 15.7. The molecule has 0 aliphatic carbocycles. The van der Waals surface area contributed by atoms with Crippen LogP contribution < -0.4 is 9.80 Å². The van der Waals surface area contributed by atoms with Crippen LogP contribution in [0.1, 0.15) is 5.56 Å². The maximum absolute atomic E-state index is 9.59. The highest BCUT2D eigenvalue weighted by atomic mass is 16.5. The van der Waals surface area contributed by atoms with E-state index in [1.54, 1.807) is 6.20 Å². The summed E-state index contributed by atoms with van der Waals surface area (Å²) in [5.41, 5.74) is 3.36. The predicted octanol–water partition coefficient (Wildman–Crippen LogP) is 3.48. The summed E-state index contributed by atoms with van der Waals surface area (Å²) in [6, 6.07) is 20.0. The number of rotatable bonds is 3. The zero-order chi connectivity index (χ0) is 19.6. The van der Waals surface area contributed by atoms with Gasteiger partial charge in [-0.25, -0.2) is 0 Å². The van der Waals surface area contributed by atoms with Gasteiger partial charge in [-0.1, -0.05) is 36.4 Å². The van der Waals surface area contributed by atoms with E-state index < -0.39 is 0 Å². The third-order valence-corrected chi connectivity index (χ3v) is 5.18. The average Bonchev–Trinajstić information content (AvgIpc) is 3.29. The number of aromatic nitrogens is 3. The van der Waals surface area contributed by atoms with E-state index in [1.807, 2.05) is 54.6 Å². The molecule has 0 amide bonds. The fourth-order valence-corrected chi connectivity index (χ4v) is 3.72. The number of para-hydroxylation sites is 1. The van der Waals surface area contributed by atoms with Gasteiger partial charge in [0.15, 0.2) is 0 Å². The lowest BCUT2D eigenvalue weighted by atomic mass is 10.1. The molecule has 0 N–H and O–H groups in total. The Hall–Kier alpha value is -3.92. The third-order valence-electron chi connectivity index (χ3n) is 5.18. The Labute approximate surface area is 167 Å². The molecule has 29 heavy (non-hydrogen) atoms. The Morgan fingerprint density at radius 3 is 2.41 bits per heavy atom. The molecule has 0 bridgehead atoms. The summed E-state index contributed by atoms with van der Waals surface area (Å²) < 4.78 is 5.44. The molecule has 0 unspecified atom stereocenters. The minimum Gasteiger partial charge on any atom is -0.366 e. The molecule has 0 atom stereocenters. The summed E-state index contributed by atoms with van der Waals surface area (Å²) in [5, 5.41) is 14.8. The van der Waals surface area contributed by atoms with Gasteiger partial charge in [-0.15, -0.1) is 0 Å². The number of nitriles is 1. The van der Waals surface area contributed by atoms with E-state index in [4.69, 9.17) is 4.52 Å². The molecule has 5 rings (SSSR count). The summed E-state index contributed by atoms with van der Waals surface area (Å²) in [5.74, 6) is 1.12.